The molecular weight excluding hydrogens is 382 g/mol. The summed E-state index contributed by atoms with van der Waals surface area (Å²) in [6.07, 6.45) is 0. The normalized spacial score (nSPS) is 10.1. The Hall–Kier alpha value is -2.79. The van der Waals surface area contributed by atoms with Crippen molar-refractivity contribution in [2.75, 3.05) is 11.9 Å². The van der Waals surface area contributed by atoms with Gasteiger partial charge in [0.2, 0.25) is 0 Å². The minimum absolute atomic E-state index is 0.0872. The molecule has 25 heavy (non-hydrogen) atoms. The molecular formula is C20H16BrNO3. The summed E-state index contributed by atoms with van der Waals surface area (Å²) in [5, 5.41) is 2.79. The third-order valence-electron chi connectivity index (χ3n) is 3.30. The molecule has 0 atom stereocenters. The zero-order valence-corrected chi connectivity index (χ0v) is 14.9. The molecule has 5 heteroatoms. The van der Waals surface area contributed by atoms with Crippen LogP contribution in [-0.4, -0.2) is 12.5 Å². The second-order valence-corrected chi connectivity index (χ2v) is 6.06. The van der Waals surface area contributed by atoms with E-state index in [4.69, 9.17) is 9.47 Å². The van der Waals surface area contributed by atoms with E-state index in [-0.39, 0.29) is 12.5 Å². The number of rotatable bonds is 6. The Kier molecular flexibility index (Phi) is 5.69. The summed E-state index contributed by atoms with van der Waals surface area (Å²) in [5.74, 6) is 1.72. The molecule has 0 radical (unpaired) electrons. The molecule has 0 saturated carbocycles. The first-order chi connectivity index (χ1) is 12.2. The van der Waals surface area contributed by atoms with Gasteiger partial charge in [0, 0.05) is 10.5 Å². The summed E-state index contributed by atoms with van der Waals surface area (Å²) < 4.78 is 12.1. The molecule has 1 N–H and O–H groups in total. The molecule has 0 bridgehead atoms. The van der Waals surface area contributed by atoms with Gasteiger partial charge in [0.25, 0.3) is 5.91 Å². The van der Waals surface area contributed by atoms with Gasteiger partial charge in [-0.3, -0.25) is 4.79 Å². The van der Waals surface area contributed by atoms with E-state index in [0.717, 1.165) is 10.2 Å². The minimum atomic E-state index is -0.235. The highest BCUT2D eigenvalue weighted by Gasteiger charge is 2.07. The fraction of sp³-hybridized carbons (Fsp3) is 0.0500. The van der Waals surface area contributed by atoms with Crippen molar-refractivity contribution in [2.45, 2.75) is 0 Å². The Morgan fingerprint density at radius 2 is 1.52 bits per heavy atom. The third-order valence-corrected chi connectivity index (χ3v) is 3.99. The highest BCUT2D eigenvalue weighted by Crippen LogP contribution is 2.25. The fourth-order valence-electron chi connectivity index (χ4n) is 2.15. The lowest BCUT2D eigenvalue weighted by atomic mass is 10.3. The van der Waals surface area contributed by atoms with Gasteiger partial charge in [-0.15, -0.1) is 0 Å². The molecule has 4 nitrogen and oxygen atoms in total. The van der Waals surface area contributed by atoms with E-state index in [1.54, 1.807) is 12.1 Å². The molecule has 0 aromatic heterocycles. The quantitative estimate of drug-likeness (QED) is 0.616. The van der Waals surface area contributed by atoms with Crippen LogP contribution in [0, 0.1) is 0 Å². The van der Waals surface area contributed by atoms with Gasteiger partial charge in [-0.05, 0) is 52.3 Å². The number of anilines is 1. The highest BCUT2D eigenvalue weighted by atomic mass is 79.9. The lowest BCUT2D eigenvalue weighted by Gasteiger charge is -2.10. The van der Waals surface area contributed by atoms with Crippen LogP contribution < -0.4 is 14.8 Å². The summed E-state index contributed by atoms with van der Waals surface area (Å²) >= 11 is 3.39. The molecule has 0 aliphatic carbocycles. The predicted molar refractivity (Wildman–Crippen MR) is 101 cm³/mol. The molecule has 1 amide bonds. The van der Waals surface area contributed by atoms with Crippen LogP contribution in [0.15, 0.2) is 83.3 Å². The summed E-state index contributed by atoms with van der Waals surface area (Å²) in [6, 6.07) is 24.1. The van der Waals surface area contributed by atoms with Gasteiger partial charge >= 0.3 is 0 Å². The van der Waals surface area contributed by atoms with Crippen LogP contribution in [0.3, 0.4) is 0 Å². The van der Waals surface area contributed by atoms with Crippen LogP contribution in [0.4, 0.5) is 5.69 Å². The van der Waals surface area contributed by atoms with E-state index in [9.17, 15) is 4.79 Å². The van der Waals surface area contributed by atoms with Crippen molar-refractivity contribution in [3.63, 3.8) is 0 Å². The topological polar surface area (TPSA) is 47.6 Å². The van der Waals surface area contributed by atoms with Crippen LogP contribution in [0.5, 0.6) is 17.2 Å². The molecule has 3 rings (SSSR count). The molecule has 0 aliphatic rings. The van der Waals surface area contributed by atoms with Gasteiger partial charge in [-0.2, -0.15) is 0 Å². The highest BCUT2D eigenvalue weighted by molar-refractivity contribution is 9.10. The third kappa shape index (κ3) is 5.09. The monoisotopic (exact) mass is 397 g/mol. The zero-order chi connectivity index (χ0) is 17.5. The molecule has 3 aromatic rings. The molecule has 0 heterocycles. The average molecular weight is 398 g/mol. The van der Waals surface area contributed by atoms with E-state index in [1.807, 2.05) is 66.7 Å². The zero-order valence-electron chi connectivity index (χ0n) is 13.3. The van der Waals surface area contributed by atoms with Gasteiger partial charge < -0.3 is 14.8 Å². The first-order valence-corrected chi connectivity index (χ1v) is 8.50. The largest absolute Gasteiger partial charge is 0.484 e. The van der Waals surface area contributed by atoms with E-state index in [0.29, 0.717) is 17.2 Å². The van der Waals surface area contributed by atoms with Crippen LogP contribution >= 0.6 is 15.9 Å². The van der Waals surface area contributed by atoms with Crippen LogP contribution in [-0.2, 0) is 4.79 Å². The van der Waals surface area contributed by atoms with E-state index >= 15 is 0 Å². The SMILES string of the molecule is O=C(COc1cccc(Oc2ccccc2)c1)Nc1ccccc1Br. The maximum absolute atomic E-state index is 12.0. The fourth-order valence-corrected chi connectivity index (χ4v) is 2.53. The summed E-state index contributed by atoms with van der Waals surface area (Å²) in [5.41, 5.74) is 0.706. The van der Waals surface area contributed by atoms with Crippen LogP contribution in [0.25, 0.3) is 0 Å². The first kappa shape index (κ1) is 17.0. The van der Waals surface area contributed by atoms with Crippen molar-refractivity contribution in [3.05, 3.63) is 83.3 Å². The van der Waals surface area contributed by atoms with Gasteiger partial charge in [-0.1, -0.05) is 36.4 Å². The Morgan fingerprint density at radius 3 is 2.32 bits per heavy atom. The Balaban J connectivity index is 1.57. The van der Waals surface area contributed by atoms with Crippen LogP contribution in [0.1, 0.15) is 0 Å². The van der Waals surface area contributed by atoms with E-state index in [2.05, 4.69) is 21.2 Å². The number of carbonyl (C=O) groups excluding carboxylic acids is 1. The van der Waals surface area contributed by atoms with Crippen molar-refractivity contribution in [1.82, 2.24) is 0 Å². The van der Waals surface area contributed by atoms with Gasteiger partial charge in [0.05, 0.1) is 5.69 Å². The minimum Gasteiger partial charge on any atom is -0.484 e. The summed E-state index contributed by atoms with van der Waals surface area (Å²) in [7, 11) is 0. The number of ether oxygens (including phenoxy) is 2. The first-order valence-electron chi connectivity index (χ1n) is 7.71. The lowest BCUT2D eigenvalue weighted by molar-refractivity contribution is -0.118. The lowest BCUT2D eigenvalue weighted by Crippen LogP contribution is -2.20. The number of carbonyl (C=O) groups is 1. The predicted octanol–water partition coefficient (Wildman–Crippen LogP) is 5.26. The molecule has 126 valence electrons. The van der Waals surface area contributed by atoms with Crippen molar-refractivity contribution >= 4 is 27.5 Å². The van der Waals surface area contributed by atoms with Gasteiger partial charge in [0.1, 0.15) is 17.2 Å². The van der Waals surface area contributed by atoms with Crippen molar-refractivity contribution < 1.29 is 14.3 Å². The average Bonchev–Trinajstić information content (AvgIpc) is 2.63. The number of nitrogens with one attached hydrogen (secondary N) is 1. The van der Waals surface area contributed by atoms with E-state index in [1.165, 1.54) is 0 Å². The maximum atomic E-state index is 12.0. The van der Waals surface area contributed by atoms with Crippen molar-refractivity contribution in [1.29, 1.82) is 0 Å². The molecule has 0 aliphatic heterocycles. The molecule has 0 fully saturated rings. The van der Waals surface area contributed by atoms with Crippen molar-refractivity contribution in [2.24, 2.45) is 0 Å². The summed E-state index contributed by atoms with van der Waals surface area (Å²) in [6.45, 7) is -0.0872. The number of para-hydroxylation sites is 2. The van der Waals surface area contributed by atoms with Crippen LogP contribution in [0.2, 0.25) is 0 Å². The molecule has 0 spiro atoms. The smallest absolute Gasteiger partial charge is 0.262 e. The standard InChI is InChI=1S/C20H16BrNO3/c21-18-11-4-5-12-19(18)22-20(23)14-24-16-9-6-10-17(13-16)25-15-7-2-1-3-8-15/h1-13H,14H2,(H,22,23). The summed E-state index contributed by atoms with van der Waals surface area (Å²) in [4.78, 5) is 12.0. The molecule has 0 unspecified atom stereocenters. The van der Waals surface area contributed by atoms with Gasteiger partial charge in [-0.25, -0.2) is 0 Å². The van der Waals surface area contributed by atoms with E-state index < -0.39 is 0 Å². The van der Waals surface area contributed by atoms with Gasteiger partial charge in [0.15, 0.2) is 6.61 Å². The second-order valence-electron chi connectivity index (χ2n) is 5.21. The number of benzene rings is 3. The number of amides is 1. The number of halogens is 1. The number of hydrogen-bond donors (Lipinski definition) is 1. The Morgan fingerprint density at radius 1 is 0.840 bits per heavy atom. The number of hydrogen-bond acceptors (Lipinski definition) is 3. The van der Waals surface area contributed by atoms with Crippen molar-refractivity contribution in [3.8, 4) is 17.2 Å². The maximum Gasteiger partial charge on any atom is 0.262 e. The molecule has 3 aromatic carbocycles. The second kappa shape index (κ2) is 8.35. The molecule has 0 saturated heterocycles. The Bertz CT molecular complexity index is 852. The Labute approximate surface area is 154 Å².